The summed E-state index contributed by atoms with van der Waals surface area (Å²) in [7, 11) is 1.72. The predicted molar refractivity (Wildman–Crippen MR) is 114 cm³/mol. The number of hydrogen-bond acceptors (Lipinski definition) is 5. The summed E-state index contributed by atoms with van der Waals surface area (Å²) in [6, 6.07) is 16.0. The minimum absolute atomic E-state index is 0.00941. The topological polar surface area (TPSA) is 111 Å². The Hall–Kier alpha value is -4.20. The Morgan fingerprint density at radius 1 is 1.13 bits per heavy atom. The monoisotopic (exact) mass is 401 g/mol. The molecule has 0 saturated carbocycles. The number of fused-ring (bicyclic) bond motifs is 1. The molecule has 2 aromatic heterocycles. The van der Waals surface area contributed by atoms with Crippen molar-refractivity contribution in [3.63, 3.8) is 0 Å². The molecule has 1 amide bonds. The van der Waals surface area contributed by atoms with E-state index in [0.717, 1.165) is 22.2 Å². The van der Waals surface area contributed by atoms with Crippen molar-refractivity contribution in [2.75, 3.05) is 17.3 Å². The number of aromatic amines is 1. The molecule has 8 heteroatoms. The van der Waals surface area contributed by atoms with Crippen LogP contribution >= 0.6 is 0 Å². The number of carbonyl (C=O) groups excluding carboxylic acids is 1. The first-order valence-electron chi connectivity index (χ1n) is 9.25. The van der Waals surface area contributed by atoms with Gasteiger partial charge in [-0.15, -0.1) is 0 Å². The van der Waals surface area contributed by atoms with Crippen molar-refractivity contribution in [2.45, 2.75) is 6.54 Å². The first kappa shape index (κ1) is 19.1. The van der Waals surface area contributed by atoms with E-state index < -0.39 is 5.97 Å². The molecule has 0 bridgehead atoms. The van der Waals surface area contributed by atoms with Crippen LogP contribution < -0.4 is 10.2 Å². The van der Waals surface area contributed by atoms with Gasteiger partial charge in [0.2, 0.25) is 0 Å². The molecular formula is C22H19N5O3. The molecule has 30 heavy (non-hydrogen) atoms. The Kier molecular flexibility index (Phi) is 5.13. The number of amides is 1. The summed E-state index contributed by atoms with van der Waals surface area (Å²) < 4.78 is 0. The van der Waals surface area contributed by atoms with E-state index in [1.807, 2.05) is 36.4 Å². The van der Waals surface area contributed by atoms with Crippen LogP contribution in [-0.4, -0.2) is 39.2 Å². The number of aromatic nitrogens is 3. The van der Waals surface area contributed by atoms with Crippen molar-refractivity contribution in [1.29, 1.82) is 0 Å². The van der Waals surface area contributed by atoms with Crippen LogP contribution in [0.5, 0.6) is 0 Å². The number of H-pyrrole nitrogens is 1. The number of benzene rings is 2. The second-order valence-corrected chi connectivity index (χ2v) is 6.75. The van der Waals surface area contributed by atoms with Crippen LogP contribution in [0.25, 0.3) is 10.9 Å². The molecule has 8 nitrogen and oxygen atoms in total. The summed E-state index contributed by atoms with van der Waals surface area (Å²) in [5, 5.41) is 20.2. The number of carboxylic acid groups (broad SMARTS) is 1. The number of nitrogens with one attached hydrogen (secondary N) is 2. The lowest BCUT2D eigenvalue weighted by atomic mass is 10.1. The zero-order valence-corrected chi connectivity index (χ0v) is 16.2. The van der Waals surface area contributed by atoms with Gasteiger partial charge in [-0.05, 0) is 42.0 Å². The number of anilines is 2. The third-order valence-corrected chi connectivity index (χ3v) is 4.80. The van der Waals surface area contributed by atoms with E-state index in [4.69, 9.17) is 5.11 Å². The average molecular weight is 401 g/mol. The van der Waals surface area contributed by atoms with Crippen LogP contribution in [0.2, 0.25) is 0 Å². The van der Waals surface area contributed by atoms with Gasteiger partial charge in [-0.2, -0.15) is 5.10 Å². The van der Waals surface area contributed by atoms with Crippen molar-refractivity contribution in [2.24, 2.45) is 0 Å². The van der Waals surface area contributed by atoms with Gasteiger partial charge in [-0.1, -0.05) is 18.2 Å². The van der Waals surface area contributed by atoms with E-state index in [2.05, 4.69) is 20.5 Å². The highest BCUT2D eigenvalue weighted by molar-refractivity contribution is 6.09. The molecule has 2 aromatic carbocycles. The lowest BCUT2D eigenvalue weighted by Crippen LogP contribution is -2.27. The minimum Gasteiger partial charge on any atom is -0.477 e. The van der Waals surface area contributed by atoms with E-state index in [-0.39, 0.29) is 11.6 Å². The molecule has 0 saturated heterocycles. The average Bonchev–Trinajstić information content (AvgIpc) is 3.25. The van der Waals surface area contributed by atoms with Gasteiger partial charge in [-0.3, -0.25) is 9.89 Å². The fraction of sp³-hybridized carbons (Fsp3) is 0.0909. The highest BCUT2D eigenvalue weighted by Crippen LogP contribution is 2.24. The molecule has 0 aliphatic heterocycles. The Bertz CT molecular complexity index is 1220. The van der Waals surface area contributed by atoms with Crippen molar-refractivity contribution in [3.05, 3.63) is 83.8 Å². The maximum Gasteiger partial charge on any atom is 0.354 e. The Morgan fingerprint density at radius 3 is 2.73 bits per heavy atom. The highest BCUT2D eigenvalue weighted by Gasteiger charge is 2.17. The summed E-state index contributed by atoms with van der Waals surface area (Å²) in [4.78, 5) is 29.6. The van der Waals surface area contributed by atoms with Crippen molar-refractivity contribution in [3.8, 4) is 0 Å². The second kappa shape index (κ2) is 8.04. The third-order valence-electron chi connectivity index (χ3n) is 4.80. The van der Waals surface area contributed by atoms with Crippen LogP contribution in [0.1, 0.15) is 26.4 Å². The number of aromatic carboxylic acids is 1. The Labute approximate surface area is 172 Å². The molecule has 4 aromatic rings. The van der Waals surface area contributed by atoms with Gasteiger partial charge in [0.1, 0.15) is 5.69 Å². The predicted octanol–water partition coefficient (Wildman–Crippen LogP) is 3.54. The molecule has 0 fully saturated rings. The Morgan fingerprint density at radius 2 is 1.97 bits per heavy atom. The number of nitrogens with zero attached hydrogens (tertiary/aromatic N) is 3. The molecule has 0 atom stereocenters. The number of rotatable bonds is 6. The lowest BCUT2D eigenvalue weighted by molar-refractivity contribution is 0.0690. The van der Waals surface area contributed by atoms with Crippen LogP contribution in [0, 0.1) is 0 Å². The van der Waals surface area contributed by atoms with Gasteiger partial charge in [0.15, 0.2) is 0 Å². The molecule has 3 N–H and O–H groups in total. The normalized spacial score (nSPS) is 10.7. The minimum atomic E-state index is -1.07. The molecule has 150 valence electrons. The van der Waals surface area contributed by atoms with E-state index >= 15 is 0 Å². The fourth-order valence-electron chi connectivity index (χ4n) is 3.11. The molecule has 4 rings (SSSR count). The number of pyridine rings is 1. The largest absolute Gasteiger partial charge is 0.477 e. The molecule has 0 radical (unpaired) electrons. The van der Waals surface area contributed by atoms with Crippen molar-refractivity contribution < 1.29 is 14.7 Å². The smallest absolute Gasteiger partial charge is 0.354 e. The second-order valence-electron chi connectivity index (χ2n) is 6.75. The van der Waals surface area contributed by atoms with E-state index in [0.29, 0.717) is 17.8 Å². The zero-order valence-electron chi connectivity index (χ0n) is 16.2. The standard InChI is InChI=1S/C22H19N5O3/c1-27(16-8-7-15-13-25-26-20(15)10-16)21(28)17-4-2-3-5-18(17)23-11-14-6-9-19(22(29)30)24-12-14/h2-10,12-13,23H,11H2,1H3,(H,25,26)(H,29,30). The van der Waals surface area contributed by atoms with Gasteiger partial charge in [-0.25, -0.2) is 9.78 Å². The van der Waals surface area contributed by atoms with Gasteiger partial charge in [0, 0.05) is 42.7 Å². The van der Waals surface area contributed by atoms with E-state index in [9.17, 15) is 9.59 Å². The van der Waals surface area contributed by atoms with E-state index in [1.54, 1.807) is 30.3 Å². The zero-order chi connectivity index (χ0) is 21.1. The first-order valence-corrected chi connectivity index (χ1v) is 9.25. The third kappa shape index (κ3) is 3.83. The number of carbonyl (C=O) groups is 2. The quantitative estimate of drug-likeness (QED) is 0.456. The summed E-state index contributed by atoms with van der Waals surface area (Å²) in [5.74, 6) is -1.23. The maximum absolute atomic E-state index is 13.2. The molecule has 0 spiro atoms. The Balaban J connectivity index is 1.52. The highest BCUT2D eigenvalue weighted by atomic mass is 16.4. The first-order chi connectivity index (χ1) is 14.5. The van der Waals surface area contributed by atoms with Crippen molar-refractivity contribution >= 4 is 34.2 Å². The molecular weight excluding hydrogens is 382 g/mol. The van der Waals surface area contributed by atoms with Gasteiger partial charge < -0.3 is 15.3 Å². The summed E-state index contributed by atoms with van der Waals surface area (Å²) in [6.45, 7) is 0.403. The number of carboxylic acids is 1. The summed E-state index contributed by atoms with van der Waals surface area (Å²) >= 11 is 0. The van der Waals surface area contributed by atoms with Crippen LogP contribution in [0.4, 0.5) is 11.4 Å². The van der Waals surface area contributed by atoms with Crippen molar-refractivity contribution in [1.82, 2.24) is 15.2 Å². The summed E-state index contributed by atoms with van der Waals surface area (Å²) in [5.41, 5.74) is 3.53. The van der Waals surface area contributed by atoms with E-state index in [1.165, 1.54) is 12.3 Å². The maximum atomic E-state index is 13.2. The lowest BCUT2D eigenvalue weighted by Gasteiger charge is -2.20. The summed E-state index contributed by atoms with van der Waals surface area (Å²) in [6.07, 6.45) is 3.31. The fourth-order valence-corrected chi connectivity index (χ4v) is 3.11. The van der Waals surface area contributed by atoms with Gasteiger partial charge in [0.25, 0.3) is 5.91 Å². The van der Waals surface area contributed by atoms with Gasteiger partial charge >= 0.3 is 5.97 Å². The molecule has 0 unspecified atom stereocenters. The number of para-hydroxylation sites is 1. The SMILES string of the molecule is CN(C(=O)c1ccccc1NCc1ccc(C(=O)O)nc1)c1ccc2c[nH]nc2c1. The van der Waals surface area contributed by atoms with Gasteiger partial charge in [0.05, 0.1) is 11.1 Å². The van der Waals surface area contributed by atoms with Crippen LogP contribution in [0.15, 0.2) is 67.0 Å². The number of hydrogen-bond donors (Lipinski definition) is 3. The van der Waals surface area contributed by atoms with Crippen LogP contribution in [-0.2, 0) is 6.54 Å². The molecule has 0 aliphatic carbocycles. The van der Waals surface area contributed by atoms with Crippen LogP contribution in [0.3, 0.4) is 0 Å². The molecule has 0 aliphatic rings. The molecule has 2 heterocycles.